The van der Waals surface area contributed by atoms with E-state index in [1.165, 1.54) is 0 Å². The Hall–Kier alpha value is -2.76. The Bertz CT molecular complexity index is 1170. The van der Waals surface area contributed by atoms with E-state index in [0.717, 1.165) is 21.2 Å². The summed E-state index contributed by atoms with van der Waals surface area (Å²) in [4.78, 5) is 12.9. The van der Waals surface area contributed by atoms with E-state index >= 15 is 0 Å². The molecule has 0 radical (unpaired) electrons. The lowest BCUT2D eigenvalue weighted by Crippen LogP contribution is -1.99. The van der Waals surface area contributed by atoms with Gasteiger partial charge in [-0.05, 0) is 61.0 Å². The second-order valence-electron chi connectivity index (χ2n) is 6.81. The Morgan fingerprint density at radius 2 is 1.90 bits per heavy atom. The van der Waals surface area contributed by atoms with Crippen LogP contribution in [0.4, 0.5) is 0 Å². The summed E-state index contributed by atoms with van der Waals surface area (Å²) in [5, 5.41) is 0.661. The van der Waals surface area contributed by atoms with Gasteiger partial charge >= 0.3 is 0 Å². The molecule has 0 saturated heterocycles. The van der Waals surface area contributed by atoms with E-state index in [0.29, 0.717) is 34.4 Å². The van der Waals surface area contributed by atoms with Gasteiger partial charge in [-0.25, -0.2) is 0 Å². The average molecular weight is 486 g/mol. The number of allylic oxidation sites excluding steroid dienone is 1. The molecule has 0 bridgehead atoms. The summed E-state index contributed by atoms with van der Waals surface area (Å²) in [6, 6.07) is 16.6. The lowest BCUT2D eigenvalue weighted by atomic mass is 10.1. The summed E-state index contributed by atoms with van der Waals surface area (Å²) in [5.74, 6) is 1.90. The molecule has 0 fully saturated rings. The molecule has 6 heteroatoms. The van der Waals surface area contributed by atoms with Gasteiger partial charge < -0.3 is 14.2 Å². The maximum Gasteiger partial charge on any atom is 0.231 e. The molecule has 4 nitrogen and oxygen atoms in total. The van der Waals surface area contributed by atoms with Crippen molar-refractivity contribution < 1.29 is 19.0 Å². The van der Waals surface area contributed by atoms with Crippen molar-refractivity contribution in [3.63, 3.8) is 0 Å². The van der Waals surface area contributed by atoms with Crippen molar-refractivity contribution in [2.45, 2.75) is 13.5 Å². The lowest BCUT2D eigenvalue weighted by molar-refractivity contribution is 0.101. The van der Waals surface area contributed by atoms with E-state index in [1.54, 1.807) is 25.3 Å². The number of methoxy groups -OCH3 is 1. The molecule has 4 rings (SSSR count). The Morgan fingerprint density at radius 1 is 1.10 bits per heavy atom. The smallest absolute Gasteiger partial charge is 0.231 e. The number of hydrogen-bond acceptors (Lipinski definition) is 4. The Balaban J connectivity index is 1.60. The SMILES string of the molecule is COc1ccc(Br)cc1/C=C1\Oc2c(ccc(OCc3cccc(Cl)c3)c2C)C1=O. The van der Waals surface area contributed by atoms with E-state index in [9.17, 15) is 4.79 Å². The molecule has 3 aromatic carbocycles. The maximum absolute atomic E-state index is 12.9. The number of rotatable bonds is 5. The summed E-state index contributed by atoms with van der Waals surface area (Å²) in [5.41, 5.74) is 3.00. The minimum Gasteiger partial charge on any atom is -0.496 e. The van der Waals surface area contributed by atoms with Crippen molar-refractivity contribution in [1.29, 1.82) is 0 Å². The van der Waals surface area contributed by atoms with E-state index < -0.39 is 0 Å². The van der Waals surface area contributed by atoms with Crippen LogP contribution in [-0.4, -0.2) is 12.9 Å². The maximum atomic E-state index is 12.9. The summed E-state index contributed by atoms with van der Waals surface area (Å²) in [6.07, 6.45) is 1.69. The molecule has 1 heterocycles. The summed E-state index contributed by atoms with van der Waals surface area (Å²) >= 11 is 9.48. The normalized spacial score (nSPS) is 13.9. The first-order chi connectivity index (χ1) is 14.5. The highest BCUT2D eigenvalue weighted by Gasteiger charge is 2.30. The van der Waals surface area contributed by atoms with Crippen molar-refractivity contribution in [1.82, 2.24) is 0 Å². The minimum absolute atomic E-state index is 0.170. The average Bonchev–Trinajstić information content (AvgIpc) is 3.04. The van der Waals surface area contributed by atoms with Gasteiger partial charge in [-0.3, -0.25) is 4.79 Å². The van der Waals surface area contributed by atoms with Gasteiger partial charge in [0.15, 0.2) is 5.76 Å². The molecule has 30 heavy (non-hydrogen) atoms. The van der Waals surface area contributed by atoms with E-state index in [4.69, 9.17) is 25.8 Å². The van der Waals surface area contributed by atoms with Gasteiger partial charge in [-0.2, -0.15) is 0 Å². The number of benzene rings is 3. The number of carbonyl (C=O) groups is 1. The Kier molecular flexibility index (Phi) is 5.84. The van der Waals surface area contributed by atoms with Crippen LogP contribution in [-0.2, 0) is 6.61 Å². The number of ether oxygens (including phenoxy) is 3. The molecule has 0 aliphatic carbocycles. The van der Waals surface area contributed by atoms with Gasteiger partial charge in [0.25, 0.3) is 0 Å². The number of Topliss-reactive ketones (excluding diaryl/α,β-unsaturated/α-hetero) is 1. The highest BCUT2D eigenvalue weighted by atomic mass is 79.9. The number of halogens is 2. The number of hydrogen-bond donors (Lipinski definition) is 0. The van der Waals surface area contributed by atoms with Crippen LogP contribution in [0.5, 0.6) is 17.2 Å². The molecule has 0 unspecified atom stereocenters. The summed E-state index contributed by atoms with van der Waals surface area (Å²) in [6.45, 7) is 2.24. The fourth-order valence-corrected chi connectivity index (χ4v) is 3.86. The molecule has 0 saturated carbocycles. The molecule has 0 amide bonds. The quantitative estimate of drug-likeness (QED) is 0.381. The van der Waals surface area contributed by atoms with Crippen LogP contribution in [0.15, 0.2) is 64.8 Å². The predicted octanol–water partition coefficient (Wildman–Crippen LogP) is 6.61. The highest BCUT2D eigenvalue weighted by Crippen LogP contribution is 2.40. The van der Waals surface area contributed by atoms with E-state index in [1.807, 2.05) is 49.4 Å². The van der Waals surface area contributed by atoms with Crippen LogP contribution < -0.4 is 14.2 Å². The Morgan fingerprint density at radius 3 is 2.67 bits per heavy atom. The van der Waals surface area contributed by atoms with Gasteiger partial charge in [-0.1, -0.05) is 39.7 Å². The van der Waals surface area contributed by atoms with Gasteiger partial charge in [0.2, 0.25) is 5.78 Å². The van der Waals surface area contributed by atoms with Crippen LogP contribution in [0.25, 0.3) is 6.08 Å². The van der Waals surface area contributed by atoms with E-state index in [2.05, 4.69) is 15.9 Å². The van der Waals surface area contributed by atoms with Crippen LogP contribution in [0.3, 0.4) is 0 Å². The Labute approximate surface area is 188 Å². The van der Waals surface area contributed by atoms with Crippen LogP contribution in [0.1, 0.15) is 27.0 Å². The third kappa shape index (κ3) is 4.09. The predicted molar refractivity (Wildman–Crippen MR) is 121 cm³/mol. The molecule has 1 aliphatic rings. The zero-order valence-corrected chi connectivity index (χ0v) is 18.7. The molecule has 0 N–H and O–H groups in total. The molecule has 0 aromatic heterocycles. The van der Waals surface area contributed by atoms with Crippen LogP contribution >= 0.6 is 27.5 Å². The van der Waals surface area contributed by atoms with Crippen LogP contribution in [0.2, 0.25) is 5.02 Å². The zero-order chi connectivity index (χ0) is 21.3. The number of fused-ring (bicyclic) bond motifs is 1. The summed E-state index contributed by atoms with van der Waals surface area (Å²) < 4.78 is 18.2. The van der Waals surface area contributed by atoms with Gasteiger partial charge in [-0.15, -0.1) is 0 Å². The van der Waals surface area contributed by atoms with Gasteiger partial charge in [0.1, 0.15) is 23.9 Å². The van der Waals surface area contributed by atoms with Gasteiger partial charge in [0, 0.05) is 20.6 Å². The third-order valence-electron chi connectivity index (χ3n) is 4.80. The third-order valence-corrected chi connectivity index (χ3v) is 5.53. The molecular weight excluding hydrogens is 468 g/mol. The van der Waals surface area contributed by atoms with Crippen molar-refractivity contribution in [3.05, 3.63) is 92.1 Å². The van der Waals surface area contributed by atoms with Crippen molar-refractivity contribution in [2.24, 2.45) is 0 Å². The second-order valence-corrected chi connectivity index (χ2v) is 8.16. The minimum atomic E-state index is -0.170. The molecule has 1 aliphatic heterocycles. The largest absolute Gasteiger partial charge is 0.496 e. The highest BCUT2D eigenvalue weighted by molar-refractivity contribution is 9.10. The fourth-order valence-electron chi connectivity index (χ4n) is 3.27. The first-order valence-electron chi connectivity index (χ1n) is 9.25. The second kappa shape index (κ2) is 8.54. The lowest BCUT2D eigenvalue weighted by Gasteiger charge is -2.11. The zero-order valence-electron chi connectivity index (χ0n) is 16.4. The molecule has 0 spiro atoms. The van der Waals surface area contributed by atoms with Crippen molar-refractivity contribution in [2.75, 3.05) is 7.11 Å². The summed E-state index contributed by atoms with van der Waals surface area (Å²) in [7, 11) is 1.59. The molecule has 3 aromatic rings. The molecule has 0 atom stereocenters. The van der Waals surface area contributed by atoms with Gasteiger partial charge in [0.05, 0.1) is 12.7 Å². The van der Waals surface area contributed by atoms with Crippen LogP contribution in [0, 0.1) is 6.92 Å². The van der Waals surface area contributed by atoms with Crippen molar-refractivity contribution >= 4 is 39.4 Å². The fraction of sp³-hybridized carbons (Fsp3) is 0.125. The topological polar surface area (TPSA) is 44.8 Å². The molecule has 152 valence electrons. The number of carbonyl (C=O) groups excluding carboxylic acids is 1. The monoisotopic (exact) mass is 484 g/mol. The van der Waals surface area contributed by atoms with Crippen molar-refractivity contribution in [3.8, 4) is 17.2 Å². The molecular formula is C24H18BrClO4. The van der Waals surface area contributed by atoms with E-state index in [-0.39, 0.29) is 11.5 Å². The first kappa shape index (κ1) is 20.5. The first-order valence-corrected chi connectivity index (χ1v) is 10.4. The standard InChI is InChI=1S/C24H18BrClO4/c1-14-20(29-13-15-4-3-5-18(26)10-15)9-7-19-23(27)22(30-24(14)19)12-16-11-17(25)6-8-21(16)28-2/h3-12H,13H2,1-2H3/b22-12-. The number of ketones is 1.